The summed E-state index contributed by atoms with van der Waals surface area (Å²) in [6.07, 6.45) is -1.63. The summed E-state index contributed by atoms with van der Waals surface area (Å²) >= 11 is 0. The third-order valence-corrected chi connectivity index (χ3v) is 6.12. The lowest BCUT2D eigenvalue weighted by Gasteiger charge is -2.24. The second kappa shape index (κ2) is 12.4. The fourth-order valence-corrected chi connectivity index (χ4v) is 4.05. The van der Waals surface area contributed by atoms with Crippen LogP contribution in [0.3, 0.4) is 0 Å². The number of ether oxygens (including phenoxy) is 2. The number of nitrogens with one attached hydrogen (secondary N) is 2. The summed E-state index contributed by atoms with van der Waals surface area (Å²) in [7, 11) is 0. The van der Waals surface area contributed by atoms with Crippen molar-refractivity contribution in [3.05, 3.63) is 65.1 Å². The molecule has 3 aromatic rings. The molecule has 3 rings (SSSR count). The van der Waals surface area contributed by atoms with Crippen molar-refractivity contribution in [1.29, 1.82) is 0 Å². The molecule has 2 amide bonds. The number of esters is 1. The summed E-state index contributed by atoms with van der Waals surface area (Å²) < 4.78 is 52.3. The first-order valence-electron chi connectivity index (χ1n) is 12.8. The number of carbonyl (C=O) groups is 2. The van der Waals surface area contributed by atoms with Crippen LogP contribution in [0, 0.1) is 19.3 Å². The first kappa shape index (κ1) is 30.4. The summed E-state index contributed by atoms with van der Waals surface area (Å²) in [4.78, 5) is 33.5. The molecule has 2 N–H and O–H groups in total. The molecule has 214 valence electrons. The van der Waals surface area contributed by atoms with Crippen molar-refractivity contribution in [2.75, 3.05) is 23.8 Å². The predicted molar refractivity (Wildman–Crippen MR) is 146 cm³/mol. The van der Waals surface area contributed by atoms with Crippen LogP contribution in [0.15, 0.2) is 42.7 Å². The van der Waals surface area contributed by atoms with Gasteiger partial charge in [0.15, 0.2) is 0 Å². The molecule has 2 heterocycles. The molecule has 0 spiro atoms. The summed E-state index contributed by atoms with van der Waals surface area (Å²) in [5, 5.41) is 5.00. The van der Waals surface area contributed by atoms with Gasteiger partial charge in [-0.25, -0.2) is 9.78 Å². The van der Waals surface area contributed by atoms with E-state index in [0.717, 1.165) is 22.9 Å². The Balaban J connectivity index is 1.77. The first-order chi connectivity index (χ1) is 18.7. The van der Waals surface area contributed by atoms with E-state index in [1.807, 2.05) is 26.0 Å². The van der Waals surface area contributed by atoms with Crippen molar-refractivity contribution < 1.29 is 32.2 Å². The Hall–Kier alpha value is -4.15. The van der Waals surface area contributed by atoms with Crippen LogP contribution in [-0.2, 0) is 22.1 Å². The highest BCUT2D eigenvalue weighted by Crippen LogP contribution is 2.37. The molecule has 0 aliphatic rings. The van der Waals surface area contributed by atoms with Gasteiger partial charge in [0.2, 0.25) is 0 Å². The van der Waals surface area contributed by atoms with E-state index in [9.17, 15) is 22.8 Å². The third kappa shape index (κ3) is 7.49. The normalized spacial score (nSPS) is 11.6. The number of benzene rings is 1. The Morgan fingerprint density at radius 3 is 2.23 bits per heavy atom. The molecule has 1 aromatic carbocycles. The van der Waals surface area contributed by atoms with Crippen LogP contribution in [0.4, 0.5) is 29.5 Å². The molecule has 0 saturated carbocycles. The molecule has 8 nitrogen and oxygen atoms in total. The highest BCUT2D eigenvalue weighted by molar-refractivity contribution is 5.99. The van der Waals surface area contributed by atoms with Crippen LogP contribution in [0.1, 0.15) is 50.1 Å². The van der Waals surface area contributed by atoms with Crippen molar-refractivity contribution in [2.24, 2.45) is 5.41 Å². The van der Waals surface area contributed by atoms with Crippen LogP contribution in [0.25, 0.3) is 11.1 Å². The summed E-state index contributed by atoms with van der Waals surface area (Å²) in [5.74, 6) is 0.315. The smallest absolute Gasteiger partial charge is 0.416 e. The number of anilines is 2. The zero-order valence-corrected chi connectivity index (χ0v) is 23.3. The maximum absolute atomic E-state index is 13.9. The number of pyridine rings is 2. The number of urea groups is 1. The maximum atomic E-state index is 13.9. The number of halogens is 3. The average molecular weight is 559 g/mol. The Morgan fingerprint density at radius 1 is 0.925 bits per heavy atom. The van der Waals surface area contributed by atoms with Gasteiger partial charge in [0.25, 0.3) is 0 Å². The zero-order chi connectivity index (χ0) is 29.7. The van der Waals surface area contributed by atoms with Crippen LogP contribution in [0.2, 0.25) is 0 Å². The number of alkyl halides is 3. The van der Waals surface area contributed by atoms with Gasteiger partial charge in [-0.05, 0) is 83.4 Å². The minimum atomic E-state index is -4.70. The van der Waals surface area contributed by atoms with Gasteiger partial charge >= 0.3 is 18.2 Å². The van der Waals surface area contributed by atoms with Gasteiger partial charge in [-0.1, -0.05) is 6.07 Å². The van der Waals surface area contributed by atoms with Crippen LogP contribution in [0.5, 0.6) is 5.75 Å². The van der Waals surface area contributed by atoms with Gasteiger partial charge in [0.1, 0.15) is 11.6 Å². The minimum absolute atomic E-state index is 0.0639. The van der Waals surface area contributed by atoms with Crippen molar-refractivity contribution in [2.45, 2.75) is 54.1 Å². The molecule has 0 bridgehead atoms. The van der Waals surface area contributed by atoms with E-state index in [1.54, 1.807) is 26.2 Å². The van der Waals surface area contributed by atoms with Crippen molar-refractivity contribution in [1.82, 2.24) is 9.97 Å². The van der Waals surface area contributed by atoms with Gasteiger partial charge in [-0.15, -0.1) is 0 Å². The Morgan fingerprint density at radius 2 is 1.60 bits per heavy atom. The monoisotopic (exact) mass is 558 g/mol. The summed E-state index contributed by atoms with van der Waals surface area (Å²) in [6.45, 7) is 10.8. The van der Waals surface area contributed by atoms with Gasteiger partial charge in [0.05, 0.1) is 29.9 Å². The molecule has 0 aliphatic carbocycles. The van der Waals surface area contributed by atoms with Gasteiger partial charge in [0, 0.05) is 29.2 Å². The minimum Gasteiger partial charge on any atom is -0.492 e. The molecule has 11 heteroatoms. The second-order valence-corrected chi connectivity index (χ2v) is 9.86. The number of rotatable bonds is 9. The Kier molecular flexibility index (Phi) is 9.39. The highest BCUT2D eigenvalue weighted by Gasteiger charge is 2.37. The maximum Gasteiger partial charge on any atom is 0.416 e. The zero-order valence-electron chi connectivity index (χ0n) is 23.3. The highest BCUT2D eigenvalue weighted by atomic mass is 19.4. The van der Waals surface area contributed by atoms with E-state index in [1.165, 1.54) is 26.0 Å². The summed E-state index contributed by atoms with van der Waals surface area (Å²) in [6, 6.07) is 6.37. The van der Waals surface area contributed by atoms with Gasteiger partial charge in [-0.2, -0.15) is 13.2 Å². The van der Waals surface area contributed by atoms with E-state index >= 15 is 0 Å². The number of hydrogen-bond donors (Lipinski definition) is 2. The second-order valence-electron chi connectivity index (χ2n) is 9.86. The number of amides is 2. The van der Waals surface area contributed by atoms with Crippen molar-refractivity contribution in [3.8, 4) is 16.9 Å². The van der Waals surface area contributed by atoms with E-state index in [-0.39, 0.29) is 30.1 Å². The largest absolute Gasteiger partial charge is 0.492 e. The first-order valence-corrected chi connectivity index (χ1v) is 12.8. The van der Waals surface area contributed by atoms with E-state index in [0.29, 0.717) is 17.9 Å². The number of aryl methyl sites for hydroxylation is 2. The SMILES string of the molecule is CCOC(=O)C(C)(C)Cc1ccc(NC(=O)Nc2ncc(-c3cnc(C)c(OCC)c3)cc2C)cc1C(F)(F)F. The van der Waals surface area contributed by atoms with Crippen molar-refractivity contribution in [3.63, 3.8) is 0 Å². The lowest BCUT2D eigenvalue weighted by Crippen LogP contribution is -2.30. The number of nitrogens with zero attached hydrogens (tertiary/aromatic N) is 2. The van der Waals surface area contributed by atoms with Crippen molar-refractivity contribution >= 4 is 23.5 Å². The topological polar surface area (TPSA) is 102 Å². The average Bonchev–Trinajstić information content (AvgIpc) is 2.87. The van der Waals surface area contributed by atoms with Crippen LogP contribution in [-0.4, -0.2) is 35.2 Å². The quantitative estimate of drug-likeness (QED) is 0.276. The van der Waals surface area contributed by atoms with Gasteiger partial charge < -0.3 is 14.8 Å². The number of hydrogen-bond acceptors (Lipinski definition) is 6. The van der Waals surface area contributed by atoms with E-state index < -0.39 is 29.2 Å². The van der Waals surface area contributed by atoms with E-state index in [4.69, 9.17) is 9.47 Å². The van der Waals surface area contributed by atoms with Crippen LogP contribution < -0.4 is 15.4 Å². The number of aromatic nitrogens is 2. The van der Waals surface area contributed by atoms with Crippen LogP contribution >= 0.6 is 0 Å². The molecule has 0 unspecified atom stereocenters. The predicted octanol–water partition coefficient (Wildman–Crippen LogP) is 6.95. The standard InChI is InChI=1S/C29H33F3N4O4/c1-7-39-24-12-21(15-33-18(24)4)20-11-17(3)25(34-16-20)36-27(38)35-22-10-9-19(23(13-22)29(30,31)32)14-28(5,6)26(37)40-8-2/h9-13,15-16H,7-8,14H2,1-6H3,(H2,34,35,36,38). The molecule has 2 aromatic heterocycles. The fourth-order valence-electron chi connectivity index (χ4n) is 4.05. The lowest BCUT2D eigenvalue weighted by atomic mass is 9.84. The Bertz CT molecular complexity index is 1390. The number of carbonyl (C=O) groups excluding carboxylic acids is 2. The Labute approximate surface area is 231 Å². The molecule has 0 atom stereocenters. The third-order valence-electron chi connectivity index (χ3n) is 6.12. The summed E-state index contributed by atoms with van der Waals surface area (Å²) in [5.41, 5.74) is 0.679. The van der Waals surface area contributed by atoms with E-state index in [2.05, 4.69) is 20.6 Å². The molecular formula is C29H33F3N4O4. The fraction of sp³-hybridized carbons (Fsp3) is 0.379. The molecule has 0 fully saturated rings. The molecule has 0 radical (unpaired) electrons. The molecule has 0 aliphatic heterocycles. The molecule has 0 saturated heterocycles. The molecular weight excluding hydrogens is 525 g/mol. The van der Waals surface area contributed by atoms with Gasteiger partial charge in [-0.3, -0.25) is 15.1 Å². The molecule has 40 heavy (non-hydrogen) atoms. The lowest BCUT2D eigenvalue weighted by molar-refractivity contribution is -0.154.